The van der Waals surface area contributed by atoms with Gasteiger partial charge in [0.1, 0.15) is 5.60 Å². The van der Waals surface area contributed by atoms with Gasteiger partial charge in [-0.05, 0) is 80.5 Å². The largest absolute Gasteiger partial charge is 0.407 e. The topological polar surface area (TPSA) is 61.3 Å². The molecule has 30 heavy (non-hydrogen) atoms. The molecule has 164 valence electrons. The van der Waals surface area contributed by atoms with Crippen molar-refractivity contribution in [2.24, 2.45) is 11.5 Å². The zero-order valence-corrected chi connectivity index (χ0v) is 21.3. The summed E-state index contributed by atoms with van der Waals surface area (Å²) in [6.45, 7) is 11.4. The highest BCUT2D eigenvalue weighted by Crippen LogP contribution is 2.48. The van der Waals surface area contributed by atoms with Gasteiger partial charge in [0, 0.05) is 0 Å². The lowest BCUT2D eigenvalue weighted by molar-refractivity contribution is 0.0938. The molecule has 2 aromatic carbocycles. The zero-order chi connectivity index (χ0) is 21.8. The number of rotatable bonds is 8. The molecule has 1 aliphatic rings. The minimum atomic E-state index is -1.78. The predicted molar refractivity (Wildman–Crippen MR) is 134 cm³/mol. The van der Waals surface area contributed by atoms with Crippen molar-refractivity contribution in [3.63, 3.8) is 0 Å². The number of nitrogens with two attached hydrogens (primary N) is 2. The summed E-state index contributed by atoms with van der Waals surface area (Å²) < 4.78 is 7.25. The molecule has 1 aliphatic heterocycles. The molecule has 0 spiro atoms. The summed E-state index contributed by atoms with van der Waals surface area (Å²) in [5.41, 5.74) is 16.4. The van der Waals surface area contributed by atoms with E-state index in [-0.39, 0.29) is 5.60 Å². The summed E-state index contributed by atoms with van der Waals surface area (Å²) in [6.07, 6.45) is 5.23. The quantitative estimate of drug-likeness (QED) is 0.560. The van der Waals surface area contributed by atoms with Crippen LogP contribution in [-0.4, -0.2) is 28.5 Å². The second-order valence-electron chi connectivity index (χ2n) is 10.0. The summed E-state index contributed by atoms with van der Waals surface area (Å²) >= 11 is 0. The Kier molecular flexibility index (Phi) is 7.41. The van der Waals surface area contributed by atoms with Crippen molar-refractivity contribution in [1.29, 1.82) is 0 Å². The Balaban J connectivity index is 1.99. The summed E-state index contributed by atoms with van der Waals surface area (Å²) in [4.78, 5) is 0. The molecule has 0 bridgehead atoms. The Morgan fingerprint density at radius 1 is 0.767 bits per heavy atom. The lowest BCUT2D eigenvalue weighted by Crippen LogP contribution is -2.64. The summed E-state index contributed by atoms with van der Waals surface area (Å²) in [6, 6.07) is 19.6. The molecular weight excluding hydrogens is 400 g/mol. The van der Waals surface area contributed by atoms with Crippen molar-refractivity contribution in [3.8, 4) is 0 Å². The number of benzene rings is 2. The van der Waals surface area contributed by atoms with Gasteiger partial charge in [-0.15, -0.1) is 0 Å². The normalized spacial score (nSPS) is 19.5. The fourth-order valence-electron chi connectivity index (χ4n) is 4.48. The van der Waals surface area contributed by atoms with Gasteiger partial charge in [0.05, 0.1) is 7.59 Å². The fraction of sp³-hybridized carbons (Fsp3) is 0.520. The standard InChI is InChI=1S/C25H40N2OSi2/c1-29(2)20-17-25(28-30(29,3)4,23-13-9-21(10-14-23)7-5-18-26)24-15-11-22(12-16-24)8-6-19-27/h9-16H,5-8,17-20,26-27H2,1-4H3. The van der Waals surface area contributed by atoms with Crippen molar-refractivity contribution < 1.29 is 4.43 Å². The average Bonchev–Trinajstić information content (AvgIpc) is 2.73. The van der Waals surface area contributed by atoms with Gasteiger partial charge in [0.2, 0.25) is 0 Å². The van der Waals surface area contributed by atoms with Gasteiger partial charge < -0.3 is 15.9 Å². The van der Waals surface area contributed by atoms with E-state index >= 15 is 0 Å². The second kappa shape index (κ2) is 9.49. The SMILES string of the molecule is C[Si]1(C)CCC(c2ccc(CCCN)cc2)(c2ccc(CCCN)cc2)O[Si]1(C)C. The lowest BCUT2D eigenvalue weighted by atomic mass is 9.83. The van der Waals surface area contributed by atoms with E-state index in [2.05, 4.69) is 74.7 Å². The van der Waals surface area contributed by atoms with E-state index in [0.29, 0.717) is 0 Å². The molecule has 2 aromatic rings. The van der Waals surface area contributed by atoms with Crippen molar-refractivity contribution in [1.82, 2.24) is 0 Å². The molecule has 0 unspecified atom stereocenters. The van der Waals surface area contributed by atoms with E-state index < -0.39 is 15.4 Å². The van der Waals surface area contributed by atoms with Gasteiger partial charge >= 0.3 is 0 Å². The van der Waals surface area contributed by atoms with Crippen molar-refractivity contribution in [2.75, 3.05) is 13.1 Å². The molecule has 1 fully saturated rings. The highest BCUT2D eigenvalue weighted by atomic mass is 29.3. The number of hydrogen-bond acceptors (Lipinski definition) is 3. The monoisotopic (exact) mass is 440 g/mol. The highest BCUT2D eigenvalue weighted by Gasteiger charge is 2.54. The zero-order valence-electron chi connectivity index (χ0n) is 19.3. The first-order valence-electron chi connectivity index (χ1n) is 11.5. The highest BCUT2D eigenvalue weighted by molar-refractivity contribution is 7.38. The van der Waals surface area contributed by atoms with Crippen LogP contribution in [0.5, 0.6) is 0 Å². The molecule has 0 amide bonds. The van der Waals surface area contributed by atoms with Crippen LogP contribution in [0, 0.1) is 0 Å². The maximum absolute atomic E-state index is 7.25. The fourth-order valence-corrected chi connectivity index (χ4v) is 11.1. The molecule has 0 radical (unpaired) electrons. The van der Waals surface area contributed by atoms with Crippen LogP contribution in [0.3, 0.4) is 0 Å². The van der Waals surface area contributed by atoms with E-state index in [9.17, 15) is 0 Å². The molecule has 0 saturated carbocycles. The van der Waals surface area contributed by atoms with Crippen molar-refractivity contribution >= 4 is 15.4 Å². The molecule has 0 aliphatic carbocycles. The molecule has 5 heteroatoms. The first-order valence-corrected chi connectivity index (χ1v) is 18.6. The van der Waals surface area contributed by atoms with Gasteiger partial charge in [-0.3, -0.25) is 0 Å². The van der Waals surface area contributed by atoms with Crippen LogP contribution in [0.4, 0.5) is 0 Å². The van der Waals surface area contributed by atoms with Crippen LogP contribution in [0.2, 0.25) is 32.2 Å². The molecule has 0 aromatic heterocycles. The number of aryl methyl sites for hydroxylation is 2. The molecule has 4 N–H and O–H groups in total. The third-order valence-electron chi connectivity index (χ3n) is 7.34. The third-order valence-corrected chi connectivity index (χ3v) is 23.8. The van der Waals surface area contributed by atoms with Crippen LogP contribution < -0.4 is 11.5 Å². The molecule has 3 nitrogen and oxygen atoms in total. The van der Waals surface area contributed by atoms with Crippen LogP contribution in [0.25, 0.3) is 0 Å². The van der Waals surface area contributed by atoms with E-state index in [0.717, 1.165) is 45.2 Å². The van der Waals surface area contributed by atoms with Crippen molar-refractivity contribution in [3.05, 3.63) is 70.8 Å². The van der Waals surface area contributed by atoms with Crippen molar-refractivity contribution in [2.45, 2.75) is 69.9 Å². The maximum atomic E-state index is 7.25. The van der Waals surface area contributed by atoms with Gasteiger partial charge in [0.15, 0.2) is 7.83 Å². The second-order valence-corrected chi connectivity index (χ2v) is 25.2. The summed E-state index contributed by atoms with van der Waals surface area (Å²) in [7, 11) is -3.12. The Labute approximate surface area is 185 Å². The van der Waals surface area contributed by atoms with Gasteiger partial charge in [-0.2, -0.15) is 0 Å². The molecular formula is C25H40N2OSi2. The van der Waals surface area contributed by atoms with Crippen LogP contribution in [0.15, 0.2) is 48.5 Å². The van der Waals surface area contributed by atoms with E-state index in [1.807, 2.05) is 0 Å². The summed E-state index contributed by atoms with van der Waals surface area (Å²) in [5.74, 6) is 0. The predicted octanol–water partition coefficient (Wildman–Crippen LogP) is 5.13. The molecule has 0 atom stereocenters. The Bertz CT molecular complexity index is 765. The summed E-state index contributed by atoms with van der Waals surface area (Å²) in [5, 5.41) is 0. The Hall–Kier alpha value is -1.25. The van der Waals surface area contributed by atoms with Gasteiger partial charge in [0.25, 0.3) is 0 Å². The molecule has 1 heterocycles. The van der Waals surface area contributed by atoms with Crippen LogP contribution in [-0.2, 0) is 22.9 Å². The minimum Gasteiger partial charge on any atom is -0.407 e. The first-order chi connectivity index (χ1) is 14.2. The minimum absolute atomic E-state index is 0.322. The molecule has 1 saturated heterocycles. The smallest absolute Gasteiger partial charge is 0.175 e. The Morgan fingerprint density at radius 2 is 1.20 bits per heavy atom. The van der Waals surface area contributed by atoms with Gasteiger partial charge in [-0.25, -0.2) is 0 Å². The first kappa shape index (κ1) is 23.4. The van der Waals surface area contributed by atoms with Gasteiger partial charge in [-0.1, -0.05) is 67.7 Å². The lowest BCUT2D eigenvalue weighted by Gasteiger charge is -2.52. The van der Waals surface area contributed by atoms with Crippen LogP contribution in [0.1, 0.15) is 41.5 Å². The van der Waals surface area contributed by atoms with Crippen LogP contribution >= 0.6 is 0 Å². The van der Waals surface area contributed by atoms with E-state index in [1.165, 1.54) is 28.3 Å². The maximum Gasteiger partial charge on any atom is 0.175 e. The Morgan fingerprint density at radius 3 is 1.57 bits per heavy atom. The van der Waals surface area contributed by atoms with E-state index in [1.54, 1.807) is 0 Å². The van der Waals surface area contributed by atoms with E-state index in [4.69, 9.17) is 15.9 Å². The number of hydrogen-bond donors (Lipinski definition) is 2. The molecule has 3 rings (SSSR count). The average molecular weight is 441 g/mol. The third kappa shape index (κ3) is 4.81.